The molecular formula is C76H121N3NaO13+. The number of carbonyl (C=O) groups is 6. The van der Waals surface area contributed by atoms with E-state index in [9.17, 15) is 24.0 Å². The molecule has 5 N–H and O–H groups in total. The third-order valence-corrected chi connectivity index (χ3v) is 14.8. The van der Waals surface area contributed by atoms with Crippen LogP contribution in [-0.4, -0.2) is 81.9 Å². The van der Waals surface area contributed by atoms with E-state index in [2.05, 4.69) is 71.2 Å². The number of methoxy groups -OCH3 is 2. The SMILES string of the molecule is CC(=O)O.CC(=O)OCOC(C)=O.CCCCCCCCCCCCCCCCc1ccc(OCCCC(=O)NCc2ccc(C)cc2)cc1OC.CCCCCCCCCCCCCCN.COc1cc(OCCCC(=O)NCc2ccc(C)cc2)ccc1C=O.[Na+]. The first-order chi connectivity index (χ1) is 44.5. The van der Waals surface area contributed by atoms with Gasteiger partial charge in [0, 0.05) is 58.8 Å². The molecule has 0 aliphatic carbocycles. The molecule has 4 aromatic carbocycles. The zero-order valence-corrected chi connectivity index (χ0v) is 61.2. The van der Waals surface area contributed by atoms with E-state index in [-0.39, 0.29) is 48.2 Å². The van der Waals surface area contributed by atoms with Crippen molar-refractivity contribution < 1.29 is 91.9 Å². The third-order valence-electron chi connectivity index (χ3n) is 14.8. The minimum atomic E-state index is -0.833. The fraction of sp³-hybridized carbons (Fsp3) is 0.605. The summed E-state index contributed by atoms with van der Waals surface area (Å²) in [5.74, 6) is 1.09. The molecule has 0 radical (unpaired) electrons. The van der Waals surface area contributed by atoms with Gasteiger partial charge in [0.05, 0.1) is 33.0 Å². The summed E-state index contributed by atoms with van der Waals surface area (Å²) >= 11 is 0. The van der Waals surface area contributed by atoms with E-state index in [0.717, 1.165) is 48.8 Å². The fourth-order valence-corrected chi connectivity index (χ4v) is 9.43. The Hall–Kier alpha value is -5.94. The molecule has 0 fully saturated rings. The number of rotatable bonds is 46. The van der Waals surface area contributed by atoms with Crippen LogP contribution >= 0.6 is 0 Å². The smallest absolute Gasteiger partial charge is 0.496 e. The van der Waals surface area contributed by atoms with Crippen molar-refractivity contribution in [3.63, 3.8) is 0 Å². The molecule has 0 atom stereocenters. The average Bonchev–Trinajstić information content (AvgIpc) is 1.87. The topological polar surface area (TPSA) is 228 Å². The van der Waals surface area contributed by atoms with E-state index in [4.69, 9.17) is 34.6 Å². The minimum absolute atomic E-state index is 0. The van der Waals surface area contributed by atoms with Crippen LogP contribution < -0.4 is 64.9 Å². The van der Waals surface area contributed by atoms with E-state index in [1.165, 1.54) is 205 Å². The van der Waals surface area contributed by atoms with Gasteiger partial charge < -0.3 is 49.9 Å². The summed E-state index contributed by atoms with van der Waals surface area (Å²) in [7, 11) is 3.23. The number of benzene rings is 4. The number of aldehydes is 1. The van der Waals surface area contributed by atoms with Crippen molar-refractivity contribution in [3.8, 4) is 23.0 Å². The number of aliphatic carboxylic acids is 1. The van der Waals surface area contributed by atoms with Gasteiger partial charge in [-0.15, -0.1) is 0 Å². The Morgan fingerprint density at radius 3 is 1.16 bits per heavy atom. The number of ether oxygens (including phenoxy) is 6. The molecule has 0 aliphatic heterocycles. The number of esters is 2. The van der Waals surface area contributed by atoms with Gasteiger partial charge in [-0.3, -0.25) is 28.8 Å². The van der Waals surface area contributed by atoms with Crippen LogP contribution in [0.1, 0.15) is 265 Å². The molecule has 4 aromatic rings. The Morgan fingerprint density at radius 2 is 0.817 bits per heavy atom. The fourth-order valence-electron chi connectivity index (χ4n) is 9.43. The van der Waals surface area contributed by atoms with Crippen molar-refractivity contribution in [1.29, 1.82) is 0 Å². The Bertz CT molecular complexity index is 2460. The first-order valence-corrected chi connectivity index (χ1v) is 34.4. The summed E-state index contributed by atoms with van der Waals surface area (Å²) < 4.78 is 30.8. The van der Waals surface area contributed by atoms with E-state index in [1.54, 1.807) is 25.3 Å². The second-order valence-corrected chi connectivity index (χ2v) is 23.4. The van der Waals surface area contributed by atoms with Gasteiger partial charge in [0.25, 0.3) is 5.97 Å². The molecule has 16 nitrogen and oxygen atoms in total. The number of carbonyl (C=O) groups excluding carboxylic acids is 5. The van der Waals surface area contributed by atoms with Crippen molar-refractivity contribution in [2.45, 2.75) is 261 Å². The van der Waals surface area contributed by atoms with Crippen LogP contribution in [0.3, 0.4) is 0 Å². The maximum atomic E-state index is 12.1. The maximum absolute atomic E-state index is 12.1. The molecule has 0 saturated carbocycles. The molecule has 0 heterocycles. The van der Waals surface area contributed by atoms with Gasteiger partial charge in [0.15, 0.2) is 6.29 Å². The number of unbranched alkanes of at least 4 members (excludes halogenated alkanes) is 24. The number of hydrogen-bond acceptors (Lipinski definition) is 13. The second kappa shape index (κ2) is 63.5. The molecule has 2 amide bonds. The Kier molecular flexibility index (Phi) is 60.8. The molecule has 518 valence electrons. The molecule has 0 aliphatic rings. The number of amides is 2. The third kappa shape index (κ3) is 56.2. The maximum Gasteiger partial charge on any atom is 1.00 e. The van der Waals surface area contributed by atoms with E-state index >= 15 is 0 Å². The molecule has 4 rings (SSSR count). The quantitative estimate of drug-likeness (QED) is 0.0106. The van der Waals surface area contributed by atoms with Gasteiger partial charge in [-0.05, 0) is 87.4 Å². The van der Waals surface area contributed by atoms with Crippen LogP contribution in [0.25, 0.3) is 0 Å². The Labute approximate surface area is 583 Å². The van der Waals surface area contributed by atoms with Gasteiger partial charge in [0.2, 0.25) is 18.6 Å². The molecule has 0 bridgehead atoms. The summed E-state index contributed by atoms with van der Waals surface area (Å²) in [6.45, 7) is 14.8. The normalized spacial score (nSPS) is 10.1. The van der Waals surface area contributed by atoms with Gasteiger partial charge >= 0.3 is 41.5 Å². The summed E-state index contributed by atoms with van der Waals surface area (Å²) in [5, 5.41) is 13.3. The predicted molar refractivity (Wildman–Crippen MR) is 373 cm³/mol. The first-order valence-electron chi connectivity index (χ1n) is 34.4. The number of nitrogens with two attached hydrogens (primary N) is 1. The van der Waals surface area contributed by atoms with Crippen LogP contribution in [0.5, 0.6) is 23.0 Å². The molecule has 17 heteroatoms. The number of hydrogen-bond donors (Lipinski definition) is 4. The molecular weight excluding hydrogens is 1190 g/mol. The zero-order valence-electron chi connectivity index (χ0n) is 59.2. The minimum Gasteiger partial charge on any atom is -0.496 e. The van der Waals surface area contributed by atoms with Gasteiger partial charge in [0.1, 0.15) is 23.0 Å². The van der Waals surface area contributed by atoms with Gasteiger partial charge in [-0.25, -0.2) is 0 Å². The van der Waals surface area contributed by atoms with Crippen LogP contribution in [0.15, 0.2) is 84.9 Å². The second-order valence-electron chi connectivity index (χ2n) is 23.4. The number of nitrogens with one attached hydrogen (secondary N) is 2. The van der Waals surface area contributed by atoms with Gasteiger partial charge in [-0.1, -0.05) is 234 Å². The van der Waals surface area contributed by atoms with Crippen molar-refractivity contribution in [2.75, 3.05) is 40.8 Å². The van der Waals surface area contributed by atoms with E-state index in [0.29, 0.717) is 69.0 Å². The molecule has 0 saturated heterocycles. The Morgan fingerprint density at radius 1 is 0.473 bits per heavy atom. The summed E-state index contributed by atoms with van der Waals surface area (Å²) in [5.41, 5.74) is 11.8. The van der Waals surface area contributed by atoms with Gasteiger partial charge in [-0.2, -0.15) is 0 Å². The summed E-state index contributed by atoms with van der Waals surface area (Å²) in [4.78, 5) is 63.9. The average molecular weight is 1310 g/mol. The molecule has 0 aromatic heterocycles. The predicted octanol–water partition coefficient (Wildman–Crippen LogP) is 14.6. The van der Waals surface area contributed by atoms with Crippen molar-refractivity contribution in [2.24, 2.45) is 5.73 Å². The molecule has 93 heavy (non-hydrogen) atoms. The zero-order chi connectivity index (χ0) is 68.1. The van der Waals surface area contributed by atoms with Crippen LogP contribution in [0.2, 0.25) is 0 Å². The van der Waals surface area contributed by atoms with Crippen LogP contribution in [0.4, 0.5) is 0 Å². The van der Waals surface area contributed by atoms with E-state index in [1.807, 2.05) is 43.3 Å². The largest absolute Gasteiger partial charge is 1.00 e. The molecule has 0 unspecified atom stereocenters. The van der Waals surface area contributed by atoms with E-state index < -0.39 is 17.9 Å². The number of aryl methyl sites for hydroxylation is 3. The monoisotopic (exact) mass is 1310 g/mol. The Balaban J connectivity index is 0. The number of carboxylic acid groups (broad SMARTS) is 1. The van der Waals surface area contributed by atoms with Crippen molar-refractivity contribution >= 4 is 36.0 Å². The number of carboxylic acids is 1. The van der Waals surface area contributed by atoms with Crippen molar-refractivity contribution in [3.05, 3.63) is 118 Å². The van der Waals surface area contributed by atoms with Crippen LogP contribution in [0, 0.1) is 13.8 Å². The summed E-state index contributed by atoms with van der Waals surface area (Å²) in [6, 6.07) is 27.5. The van der Waals surface area contributed by atoms with Crippen molar-refractivity contribution in [1.82, 2.24) is 10.6 Å². The molecule has 0 spiro atoms. The first kappa shape index (κ1) is 89.1. The van der Waals surface area contributed by atoms with Crippen LogP contribution in [-0.2, 0) is 53.0 Å². The summed E-state index contributed by atoms with van der Waals surface area (Å²) in [6.07, 6.45) is 40.1. The standard InChI is InChI=1S/C35H55NO3.C20H23NO4.C14H31N.C5H8O4.C2H4O2.Na/c1-4-5-6-7-8-9-10-11-12-13-14-15-16-17-19-32-25-26-33(28-34(32)38-3)39-27-18-20-35(37)36-29-31-23-21-30(2)22-24-31;1-15-5-7-16(8-6-15)13-21-20(23)4-3-11-25-18-10-9-17(14-22)19(12-18)24-2;1-2-3-4-5-6-7-8-9-10-11-12-13-14-15;1-4(6)8-3-9-5(2)7;1-2(3)4;/h21-26,28H,4-20,27,29H2,1-3H3,(H,36,37);5-10,12,14H,3-4,11,13H2,1-2H3,(H,21,23);2-15H2,1H3;3H2,1-2H3;1H3,(H,3,4);/q;;;;;+1.